The first kappa shape index (κ1) is 26.7. The van der Waals surface area contributed by atoms with E-state index < -0.39 is 15.6 Å². The lowest BCUT2D eigenvalue weighted by atomic mass is 10.1. The molecule has 0 aliphatic rings. The predicted molar refractivity (Wildman–Crippen MR) is 135 cm³/mol. The van der Waals surface area contributed by atoms with Crippen LogP contribution < -0.4 is 15.4 Å². The summed E-state index contributed by atoms with van der Waals surface area (Å²) in [5.74, 6) is 0.606. The Hall–Kier alpha value is -1.36. The third kappa shape index (κ3) is 8.79. The highest BCUT2D eigenvalue weighted by atomic mass is 127. The van der Waals surface area contributed by atoms with E-state index in [0.717, 1.165) is 6.42 Å². The van der Waals surface area contributed by atoms with Crippen molar-refractivity contribution in [3.05, 3.63) is 64.7 Å². The van der Waals surface area contributed by atoms with Crippen molar-refractivity contribution in [2.45, 2.75) is 44.2 Å². The smallest absolute Gasteiger partial charge is 0.241 e. The molecule has 0 aromatic heterocycles. The molecule has 6 nitrogen and oxygen atoms in total. The molecule has 0 amide bonds. The minimum absolute atomic E-state index is 0. The maximum absolute atomic E-state index is 12.7. The highest BCUT2D eigenvalue weighted by Crippen LogP contribution is 2.17. The fraction of sp³-hybridized carbons (Fsp3) is 0.381. The standard InChI is InChI=1S/C21H29ClN4O2S.HI/c1-21(2,3)26-29(27,28)19-8-6-5-7-17(19)15-25-20(23-4)24-14-13-16-9-11-18(22)12-10-16;/h5-12,26H,13-15H2,1-4H3,(H2,23,24,25);1H. The van der Waals surface area contributed by atoms with Gasteiger partial charge in [0.25, 0.3) is 0 Å². The quantitative estimate of drug-likeness (QED) is 0.270. The van der Waals surface area contributed by atoms with Crippen LogP contribution in [0.4, 0.5) is 0 Å². The van der Waals surface area contributed by atoms with Gasteiger partial charge in [-0.2, -0.15) is 0 Å². The van der Waals surface area contributed by atoms with Crippen LogP contribution >= 0.6 is 35.6 Å². The van der Waals surface area contributed by atoms with E-state index in [2.05, 4.69) is 20.3 Å². The largest absolute Gasteiger partial charge is 0.356 e. The molecule has 166 valence electrons. The van der Waals surface area contributed by atoms with Gasteiger partial charge in [0.05, 0.1) is 4.90 Å². The molecule has 30 heavy (non-hydrogen) atoms. The molecule has 0 bridgehead atoms. The number of benzene rings is 2. The number of nitrogens with one attached hydrogen (secondary N) is 3. The Morgan fingerprint density at radius 3 is 2.27 bits per heavy atom. The van der Waals surface area contributed by atoms with Crippen molar-refractivity contribution >= 4 is 51.6 Å². The Kier molecular flexibility index (Phi) is 10.6. The molecule has 2 aromatic rings. The Labute approximate surface area is 202 Å². The van der Waals surface area contributed by atoms with Crippen molar-refractivity contribution in [1.82, 2.24) is 15.4 Å². The Balaban J connectivity index is 0.00000450. The number of guanidine groups is 1. The van der Waals surface area contributed by atoms with Gasteiger partial charge in [-0.15, -0.1) is 24.0 Å². The van der Waals surface area contributed by atoms with E-state index >= 15 is 0 Å². The second-order valence-corrected chi connectivity index (χ2v) is 9.78. The normalized spacial score (nSPS) is 12.2. The average molecular weight is 565 g/mol. The van der Waals surface area contributed by atoms with Gasteiger partial charge in [0, 0.05) is 30.7 Å². The SMILES string of the molecule is CN=C(NCCc1ccc(Cl)cc1)NCc1ccccc1S(=O)(=O)NC(C)(C)C.I. The van der Waals surface area contributed by atoms with Gasteiger partial charge in [0.15, 0.2) is 5.96 Å². The maximum Gasteiger partial charge on any atom is 0.241 e. The van der Waals surface area contributed by atoms with Crippen molar-refractivity contribution in [2.75, 3.05) is 13.6 Å². The van der Waals surface area contributed by atoms with Gasteiger partial charge in [-0.05, 0) is 56.5 Å². The summed E-state index contributed by atoms with van der Waals surface area (Å²) in [5, 5.41) is 7.14. The zero-order chi connectivity index (χ0) is 21.5. The minimum Gasteiger partial charge on any atom is -0.356 e. The average Bonchev–Trinajstić information content (AvgIpc) is 2.64. The summed E-state index contributed by atoms with van der Waals surface area (Å²) in [5.41, 5.74) is 1.28. The molecular weight excluding hydrogens is 535 g/mol. The van der Waals surface area contributed by atoms with Crippen LogP contribution in [-0.4, -0.2) is 33.5 Å². The molecule has 3 N–H and O–H groups in total. The van der Waals surface area contributed by atoms with Crippen molar-refractivity contribution in [1.29, 1.82) is 0 Å². The van der Waals surface area contributed by atoms with Gasteiger partial charge < -0.3 is 10.6 Å². The van der Waals surface area contributed by atoms with Crippen LogP contribution in [0.1, 0.15) is 31.9 Å². The topological polar surface area (TPSA) is 82.6 Å². The molecule has 2 aromatic carbocycles. The van der Waals surface area contributed by atoms with Crippen LogP contribution in [-0.2, 0) is 23.0 Å². The molecular formula is C21H30ClIN4O2S. The molecule has 0 atom stereocenters. The van der Waals surface area contributed by atoms with Gasteiger partial charge >= 0.3 is 0 Å². The van der Waals surface area contributed by atoms with Crippen LogP contribution in [0.3, 0.4) is 0 Å². The third-order valence-electron chi connectivity index (χ3n) is 3.99. The number of sulfonamides is 1. The summed E-state index contributed by atoms with van der Waals surface area (Å²) < 4.78 is 28.2. The number of aliphatic imine (C=N–C) groups is 1. The monoisotopic (exact) mass is 564 g/mol. The zero-order valence-electron chi connectivity index (χ0n) is 17.7. The molecule has 9 heteroatoms. The number of rotatable bonds is 7. The van der Waals surface area contributed by atoms with Gasteiger partial charge in [-0.1, -0.05) is 41.9 Å². The van der Waals surface area contributed by atoms with Gasteiger partial charge in [0.2, 0.25) is 10.0 Å². The van der Waals surface area contributed by atoms with E-state index in [-0.39, 0.29) is 28.9 Å². The fourth-order valence-electron chi connectivity index (χ4n) is 2.75. The predicted octanol–water partition coefficient (Wildman–Crippen LogP) is 3.94. The molecule has 0 spiro atoms. The van der Waals surface area contributed by atoms with E-state index in [1.807, 2.05) is 51.1 Å². The highest BCUT2D eigenvalue weighted by Gasteiger charge is 2.24. The zero-order valence-corrected chi connectivity index (χ0v) is 21.6. The first-order valence-electron chi connectivity index (χ1n) is 9.41. The van der Waals surface area contributed by atoms with E-state index in [9.17, 15) is 8.42 Å². The van der Waals surface area contributed by atoms with Crippen molar-refractivity contribution < 1.29 is 8.42 Å². The van der Waals surface area contributed by atoms with E-state index in [1.54, 1.807) is 25.2 Å². The molecule has 0 saturated carbocycles. The maximum atomic E-state index is 12.7. The molecule has 2 rings (SSSR count). The second-order valence-electron chi connectivity index (χ2n) is 7.69. The van der Waals surface area contributed by atoms with Crippen molar-refractivity contribution in [3.63, 3.8) is 0 Å². The number of hydrogen-bond donors (Lipinski definition) is 3. The lowest BCUT2D eigenvalue weighted by Gasteiger charge is -2.22. The molecule has 0 fully saturated rings. The van der Waals surface area contributed by atoms with Crippen LogP contribution in [0.15, 0.2) is 58.4 Å². The Morgan fingerprint density at radius 1 is 1.03 bits per heavy atom. The second kappa shape index (κ2) is 11.9. The molecule has 0 unspecified atom stereocenters. The fourth-order valence-corrected chi connectivity index (χ4v) is 4.53. The van der Waals surface area contributed by atoms with Crippen LogP contribution in [0.2, 0.25) is 5.02 Å². The molecule has 0 radical (unpaired) electrons. The summed E-state index contributed by atoms with van der Waals surface area (Å²) >= 11 is 5.91. The van der Waals surface area contributed by atoms with Gasteiger partial charge in [-0.3, -0.25) is 4.99 Å². The van der Waals surface area contributed by atoms with Crippen molar-refractivity contribution in [3.8, 4) is 0 Å². The Morgan fingerprint density at radius 2 is 1.67 bits per heavy atom. The van der Waals surface area contributed by atoms with E-state index in [0.29, 0.717) is 29.6 Å². The third-order valence-corrected chi connectivity index (χ3v) is 6.10. The van der Waals surface area contributed by atoms with Gasteiger partial charge in [0.1, 0.15) is 0 Å². The summed E-state index contributed by atoms with van der Waals surface area (Å²) in [6, 6.07) is 14.7. The summed E-state index contributed by atoms with van der Waals surface area (Å²) in [4.78, 5) is 4.47. The molecule has 0 aliphatic carbocycles. The molecule has 0 heterocycles. The lowest BCUT2D eigenvalue weighted by molar-refractivity contribution is 0.491. The first-order chi connectivity index (χ1) is 13.6. The summed E-state index contributed by atoms with van der Waals surface area (Å²) in [7, 11) is -1.94. The van der Waals surface area contributed by atoms with Crippen LogP contribution in [0.25, 0.3) is 0 Å². The lowest BCUT2D eigenvalue weighted by Crippen LogP contribution is -2.41. The number of halogens is 2. The number of hydrogen-bond acceptors (Lipinski definition) is 3. The summed E-state index contributed by atoms with van der Waals surface area (Å²) in [6.45, 7) is 6.47. The van der Waals surface area contributed by atoms with Crippen LogP contribution in [0.5, 0.6) is 0 Å². The first-order valence-corrected chi connectivity index (χ1v) is 11.3. The van der Waals surface area contributed by atoms with E-state index in [1.165, 1.54) is 5.56 Å². The number of nitrogens with zero attached hydrogens (tertiary/aromatic N) is 1. The highest BCUT2D eigenvalue weighted by molar-refractivity contribution is 14.0. The molecule has 0 aliphatic heterocycles. The van der Waals surface area contributed by atoms with Gasteiger partial charge in [-0.25, -0.2) is 13.1 Å². The van der Waals surface area contributed by atoms with Crippen molar-refractivity contribution in [2.24, 2.45) is 4.99 Å². The van der Waals surface area contributed by atoms with E-state index in [4.69, 9.17) is 11.6 Å². The molecule has 0 saturated heterocycles. The minimum atomic E-state index is -3.62. The summed E-state index contributed by atoms with van der Waals surface area (Å²) in [6.07, 6.45) is 0.818. The Bertz CT molecular complexity index is 942. The van der Waals surface area contributed by atoms with Crippen LogP contribution in [0, 0.1) is 0 Å².